The van der Waals surface area contributed by atoms with Crippen LogP contribution < -0.4 is 0 Å². The van der Waals surface area contributed by atoms with E-state index in [0.717, 1.165) is 12.3 Å². The van der Waals surface area contributed by atoms with Gasteiger partial charge in [-0.25, -0.2) is 0 Å². The Kier molecular flexibility index (Phi) is 2.58. The average molecular weight is 296 g/mol. The summed E-state index contributed by atoms with van der Waals surface area (Å²) in [7, 11) is 0. The molecule has 2 fully saturated rings. The Morgan fingerprint density at radius 1 is 1.23 bits per heavy atom. The number of aliphatic hydroxyl groups is 1. The summed E-state index contributed by atoms with van der Waals surface area (Å²) in [6.07, 6.45) is 18.6. The van der Waals surface area contributed by atoms with Crippen molar-refractivity contribution in [2.75, 3.05) is 0 Å². The van der Waals surface area contributed by atoms with Gasteiger partial charge in [-0.05, 0) is 72.7 Å². The van der Waals surface area contributed by atoms with Gasteiger partial charge in [-0.2, -0.15) is 0 Å². The number of hydrogen-bond acceptors (Lipinski definition) is 1. The van der Waals surface area contributed by atoms with Gasteiger partial charge in [0.1, 0.15) is 0 Å². The van der Waals surface area contributed by atoms with Crippen LogP contribution >= 0.6 is 0 Å². The number of hydrogen-bond donors (Lipinski definition) is 1. The number of allylic oxidation sites excluding steroid dienone is 6. The molecule has 4 unspecified atom stereocenters. The van der Waals surface area contributed by atoms with E-state index < -0.39 is 0 Å². The van der Waals surface area contributed by atoms with Crippen molar-refractivity contribution >= 4 is 0 Å². The summed E-state index contributed by atoms with van der Waals surface area (Å²) in [6, 6.07) is 0. The molecule has 0 heterocycles. The second kappa shape index (κ2) is 4.17. The molecule has 0 aliphatic heterocycles. The van der Waals surface area contributed by atoms with Crippen LogP contribution in [0.4, 0.5) is 0 Å². The molecule has 1 N–H and O–H groups in total. The predicted octanol–water partition coefficient (Wildman–Crippen LogP) is 4.50. The van der Waals surface area contributed by atoms with Crippen molar-refractivity contribution in [1.29, 1.82) is 0 Å². The van der Waals surface area contributed by atoms with E-state index in [1.54, 1.807) is 5.57 Å². The molecular weight excluding hydrogens is 268 g/mol. The molecule has 6 rings (SSSR count). The highest BCUT2D eigenvalue weighted by Gasteiger charge is 2.61. The molecular formula is C21H28O. The third kappa shape index (κ3) is 1.40. The van der Waals surface area contributed by atoms with Gasteiger partial charge in [-0.1, -0.05) is 44.2 Å². The molecule has 0 aromatic carbocycles. The maximum absolute atomic E-state index is 11.1. The maximum Gasteiger partial charge on any atom is 0.0625 e. The summed E-state index contributed by atoms with van der Waals surface area (Å²) in [6.45, 7) is 4.77. The van der Waals surface area contributed by atoms with Gasteiger partial charge >= 0.3 is 0 Å². The molecule has 6 aliphatic carbocycles. The topological polar surface area (TPSA) is 20.2 Å². The Bertz CT molecular complexity index is 599. The molecule has 1 nitrogen and oxygen atoms in total. The summed E-state index contributed by atoms with van der Waals surface area (Å²) in [5.41, 5.74) is 2.03. The summed E-state index contributed by atoms with van der Waals surface area (Å²) in [4.78, 5) is 0. The zero-order valence-corrected chi connectivity index (χ0v) is 13.8. The van der Waals surface area contributed by atoms with Crippen LogP contribution in [0.2, 0.25) is 0 Å². The fraction of sp³-hybridized carbons (Fsp3) is 0.714. The highest BCUT2D eigenvalue weighted by atomic mass is 16.3. The SMILES string of the molecule is CC[C@@]12C=CC3C=C1C=CC1C4CC(C3)[C@H](O)[C@@]4(C)CC[C@@H]12. The molecule has 0 spiro atoms. The van der Waals surface area contributed by atoms with Crippen LogP contribution in [0.5, 0.6) is 0 Å². The van der Waals surface area contributed by atoms with Gasteiger partial charge in [0.05, 0.1) is 6.10 Å². The minimum absolute atomic E-state index is 0.0903. The Labute approximate surface area is 134 Å². The number of aliphatic hydroxyl groups excluding tert-OH is 1. The quantitative estimate of drug-likeness (QED) is 0.706. The van der Waals surface area contributed by atoms with Crippen molar-refractivity contribution in [1.82, 2.24) is 0 Å². The molecule has 22 heavy (non-hydrogen) atoms. The van der Waals surface area contributed by atoms with Crippen molar-refractivity contribution in [2.45, 2.75) is 52.1 Å². The Balaban J connectivity index is 1.74. The lowest BCUT2D eigenvalue weighted by Gasteiger charge is -2.55. The molecule has 2 saturated carbocycles. The van der Waals surface area contributed by atoms with Crippen molar-refractivity contribution in [2.24, 2.45) is 40.4 Å². The normalized spacial score (nSPS) is 57.5. The third-order valence-corrected chi connectivity index (χ3v) is 8.34. The van der Waals surface area contributed by atoms with Crippen molar-refractivity contribution < 1.29 is 5.11 Å². The van der Waals surface area contributed by atoms with Crippen LogP contribution in [0.15, 0.2) is 36.0 Å². The molecule has 0 aromatic heterocycles. The summed E-state index contributed by atoms with van der Waals surface area (Å²) in [5, 5.41) is 11.1. The zero-order valence-electron chi connectivity index (χ0n) is 13.8. The Hall–Kier alpha value is -0.820. The minimum atomic E-state index is -0.0903. The van der Waals surface area contributed by atoms with Crippen molar-refractivity contribution in [3.05, 3.63) is 36.0 Å². The van der Waals surface area contributed by atoms with Crippen LogP contribution in [0, 0.1) is 40.4 Å². The highest BCUT2D eigenvalue weighted by Crippen LogP contribution is 2.66. The summed E-state index contributed by atoms with van der Waals surface area (Å²) in [5.74, 6) is 3.17. The van der Waals surface area contributed by atoms with Gasteiger partial charge in [0.2, 0.25) is 0 Å². The van der Waals surface area contributed by atoms with E-state index in [-0.39, 0.29) is 16.9 Å². The van der Waals surface area contributed by atoms with Crippen LogP contribution in [-0.2, 0) is 0 Å². The first kappa shape index (κ1) is 13.6. The van der Waals surface area contributed by atoms with Gasteiger partial charge < -0.3 is 5.11 Å². The molecule has 1 heteroatoms. The average Bonchev–Trinajstić information content (AvgIpc) is 2.77. The molecule has 6 aliphatic rings. The van der Waals surface area contributed by atoms with Gasteiger partial charge in [0.15, 0.2) is 0 Å². The van der Waals surface area contributed by atoms with Crippen LogP contribution in [0.25, 0.3) is 0 Å². The second-order valence-electron chi connectivity index (χ2n) is 8.91. The van der Waals surface area contributed by atoms with Crippen LogP contribution in [0.1, 0.15) is 46.0 Å². The van der Waals surface area contributed by atoms with Gasteiger partial charge in [0.25, 0.3) is 0 Å². The highest BCUT2D eigenvalue weighted by molar-refractivity contribution is 5.43. The molecule has 0 aromatic rings. The van der Waals surface area contributed by atoms with Crippen molar-refractivity contribution in [3.63, 3.8) is 0 Å². The molecule has 0 saturated heterocycles. The van der Waals surface area contributed by atoms with Crippen molar-refractivity contribution in [3.8, 4) is 0 Å². The Morgan fingerprint density at radius 3 is 2.91 bits per heavy atom. The van der Waals surface area contributed by atoms with E-state index in [1.165, 1.54) is 25.7 Å². The third-order valence-electron chi connectivity index (χ3n) is 8.34. The molecule has 118 valence electrons. The van der Waals surface area contributed by atoms with Crippen LogP contribution in [0.3, 0.4) is 0 Å². The fourth-order valence-electron chi connectivity index (χ4n) is 7.12. The molecule has 0 amide bonds. The maximum atomic E-state index is 11.1. The van der Waals surface area contributed by atoms with E-state index in [9.17, 15) is 5.11 Å². The second-order valence-corrected chi connectivity index (χ2v) is 8.91. The first-order chi connectivity index (χ1) is 10.6. The summed E-state index contributed by atoms with van der Waals surface area (Å²) >= 11 is 0. The predicted molar refractivity (Wildman–Crippen MR) is 89.1 cm³/mol. The van der Waals surface area contributed by atoms with Gasteiger partial charge in [-0.3, -0.25) is 0 Å². The largest absolute Gasteiger partial charge is 0.392 e. The summed E-state index contributed by atoms with van der Waals surface area (Å²) < 4.78 is 0. The number of rotatable bonds is 1. The van der Waals surface area contributed by atoms with E-state index in [4.69, 9.17) is 0 Å². The lowest BCUT2D eigenvalue weighted by Crippen LogP contribution is -2.49. The lowest BCUT2D eigenvalue weighted by atomic mass is 9.49. The first-order valence-electron chi connectivity index (χ1n) is 9.36. The van der Waals surface area contributed by atoms with Gasteiger partial charge in [0, 0.05) is 5.41 Å². The molecule has 7 bridgehead atoms. The molecule has 8 atom stereocenters. The zero-order chi connectivity index (χ0) is 15.1. The Morgan fingerprint density at radius 2 is 2.09 bits per heavy atom. The van der Waals surface area contributed by atoms with E-state index >= 15 is 0 Å². The van der Waals surface area contributed by atoms with Gasteiger partial charge in [-0.15, -0.1) is 0 Å². The smallest absolute Gasteiger partial charge is 0.0625 e. The van der Waals surface area contributed by atoms with E-state index in [1.807, 2.05) is 0 Å². The van der Waals surface area contributed by atoms with Crippen LogP contribution in [-0.4, -0.2) is 11.2 Å². The first-order valence-corrected chi connectivity index (χ1v) is 9.36. The van der Waals surface area contributed by atoms with E-state index in [2.05, 4.69) is 44.2 Å². The lowest BCUT2D eigenvalue weighted by molar-refractivity contribution is -0.0471. The monoisotopic (exact) mass is 296 g/mol. The van der Waals surface area contributed by atoms with E-state index in [0.29, 0.717) is 23.7 Å². The minimum Gasteiger partial charge on any atom is -0.392 e. The fourth-order valence-corrected chi connectivity index (χ4v) is 7.12. The molecule has 0 radical (unpaired) electrons. The standard InChI is InChI=1S/C21H28O/c1-3-21-9-6-13-10-14-12-18-16(5-4-15(21)11-13)17(21)7-8-20(18,2)19(14)22/h4-6,9,11,13-14,16-19,22H,3,7-8,10,12H2,1-2H3/t13?,14?,16?,17-,18?,19-,20-,21+/m0/s1.